The van der Waals surface area contributed by atoms with E-state index in [0.717, 1.165) is 10.8 Å². The summed E-state index contributed by atoms with van der Waals surface area (Å²) in [5.41, 5.74) is 0.824. The molecular formula is C33H29ClFN7O2S. The van der Waals surface area contributed by atoms with Crippen LogP contribution in [0.15, 0.2) is 47.8 Å². The standard InChI is InChI=1S/C33H29ClFN7O2S/c1-33(2,3)44-32(43)41-13-10-21(14-20(41)8-11-36)42-30-22-15-24(34)26(27(35)28(22)40-31(45-4)23(30)17-39-42)29-25-18(9-12-38-29)6-5-7-19(25)16-37/h5-7,9,12,15,17,20-21H,8,10,13-14H2,1-4H3/t20-,21+/m1/s1. The van der Waals surface area contributed by atoms with E-state index in [-0.39, 0.29) is 40.3 Å². The zero-order valence-electron chi connectivity index (χ0n) is 25.1. The van der Waals surface area contributed by atoms with E-state index in [9.17, 15) is 15.3 Å². The number of carbonyl (C=O) groups is 1. The molecule has 228 valence electrons. The van der Waals surface area contributed by atoms with Crippen LogP contribution in [0.2, 0.25) is 5.02 Å². The number of hydrogen-bond acceptors (Lipinski definition) is 8. The number of piperidine rings is 1. The summed E-state index contributed by atoms with van der Waals surface area (Å²) in [6.45, 7) is 5.80. The van der Waals surface area contributed by atoms with Gasteiger partial charge in [0.25, 0.3) is 0 Å². The highest BCUT2D eigenvalue weighted by molar-refractivity contribution is 7.98. The average Bonchev–Trinajstić information content (AvgIpc) is 3.45. The third kappa shape index (κ3) is 5.41. The molecule has 0 aliphatic carbocycles. The van der Waals surface area contributed by atoms with E-state index in [1.807, 2.05) is 37.8 Å². The maximum absolute atomic E-state index is 16.7. The lowest BCUT2D eigenvalue weighted by molar-refractivity contribution is 0.00565. The number of fused-ring (bicyclic) bond motifs is 4. The molecule has 1 saturated heterocycles. The Morgan fingerprint density at radius 3 is 2.76 bits per heavy atom. The number of nitriles is 2. The highest BCUT2D eigenvalue weighted by Gasteiger charge is 2.36. The van der Waals surface area contributed by atoms with E-state index in [4.69, 9.17) is 26.4 Å². The summed E-state index contributed by atoms with van der Waals surface area (Å²) in [7, 11) is 0. The number of halogens is 2. The van der Waals surface area contributed by atoms with Crippen molar-refractivity contribution in [2.75, 3.05) is 12.8 Å². The van der Waals surface area contributed by atoms with Crippen molar-refractivity contribution in [1.29, 1.82) is 10.5 Å². The van der Waals surface area contributed by atoms with Crippen molar-refractivity contribution >= 4 is 62.0 Å². The SMILES string of the molecule is CSc1nc2c(F)c(-c3nccc4cccc(C#N)c34)c(Cl)cc2c2c1cnn2[C@H]1CCN(C(=O)OC(C)(C)C)[C@H](CC#N)C1. The number of likely N-dealkylation sites (tertiary alicyclic amines) is 1. The molecular weight excluding hydrogens is 613 g/mol. The van der Waals surface area contributed by atoms with Gasteiger partial charge in [-0.3, -0.25) is 9.67 Å². The van der Waals surface area contributed by atoms with Gasteiger partial charge in [-0.2, -0.15) is 15.6 Å². The predicted molar refractivity (Wildman–Crippen MR) is 172 cm³/mol. The van der Waals surface area contributed by atoms with Gasteiger partial charge in [0.1, 0.15) is 16.1 Å². The minimum Gasteiger partial charge on any atom is -0.444 e. The van der Waals surface area contributed by atoms with E-state index < -0.39 is 17.5 Å². The fourth-order valence-corrected chi connectivity index (χ4v) is 6.95. The van der Waals surface area contributed by atoms with Gasteiger partial charge in [-0.15, -0.1) is 11.8 Å². The second-order valence-corrected chi connectivity index (χ2v) is 13.2. The summed E-state index contributed by atoms with van der Waals surface area (Å²) in [6.07, 6.45) is 5.87. The molecule has 0 bridgehead atoms. The molecule has 2 atom stereocenters. The molecule has 1 amide bonds. The van der Waals surface area contributed by atoms with Crippen molar-refractivity contribution in [2.45, 2.75) is 62.7 Å². The maximum atomic E-state index is 16.7. The summed E-state index contributed by atoms with van der Waals surface area (Å²) in [6, 6.07) is 12.6. The number of aromatic nitrogens is 4. The molecule has 2 aromatic carbocycles. The van der Waals surface area contributed by atoms with Crippen molar-refractivity contribution < 1.29 is 13.9 Å². The number of hydrogen-bond donors (Lipinski definition) is 0. The Bertz CT molecular complexity index is 2070. The lowest BCUT2D eigenvalue weighted by Crippen LogP contribution is -2.48. The number of benzene rings is 2. The minimum absolute atomic E-state index is 0.0715. The Balaban J connectivity index is 1.50. The lowest BCUT2D eigenvalue weighted by Gasteiger charge is -2.39. The van der Waals surface area contributed by atoms with E-state index in [1.54, 1.807) is 41.6 Å². The Morgan fingerprint density at radius 1 is 1.24 bits per heavy atom. The Kier molecular flexibility index (Phi) is 8.02. The summed E-state index contributed by atoms with van der Waals surface area (Å²) in [4.78, 5) is 23.8. The smallest absolute Gasteiger partial charge is 0.410 e. The predicted octanol–water partition coefficient (Wildman–Crippen LogP) is 8.04. The summed E-state index contributed by atoms with van der Waals surface area (Å²) in [5, 5.41) is 27.3. The molecule has 9 nitrogen and oxygen atoms in total. The first-order valence-corrected chi connectivity index (χ1v) is 16.0. The fourth-order valence-electron chi connectivity index (χ4n) is 6.12. The molecule has 0 spiro atoms. The fraction of sp³-hybridized carbons (Fsp3) is 0.333. The van der Waals surface area contributed by atoms with Crippen LogP contribution in [0.4, 0.5) is 9.18 Å². The van der Waals surface area contributed by atoms with Gasteiger partial charge in [-0.05, 0) is 63.5 Å². The largest absolute Gasteiger partial charge is 0.444 e. The second kappa shape index (κ2) is 11.8. The van der Waals surface area contributed by atoms with E-state index in [1.165, 1.54) is 11.8 Å². The van der Waals surface area contributed by atoms with Crippen LogP contribution < -0.4 is 0 Å². The Morgan fingerprint density at radius 2 is 2.04 bits per heavy atom. The highest BCUT2D eigenvalue weighted by Crippen LogP contribution is 2.43. The number of pyridine rings is 2. The highest BCUT2D eigenvalue weighted by atomic mass is 35.5. The normalized spacial score (nSPS) is 17.0. The number of amides is 1. The molecule has 0 unspecified atom stereocenters. The third-order valence-electron chi connectivity index (χ3n) is 8.02. The molecule has 12 heteroatoms. The van der Waals surface area contributed by atoms with Crippen LogP contribution in [0.3, 0.4) is 0 Å². The Labute approximate surface area is 268 Å². The van der Waals surface area contributed by atoms with Gasteiger partial charge in [0.2, 0.25) is 0 Å². The molecule has 3 aromatic heterocycles. The van der Waals surface area contributed by atoms with Gasteiger partial charge >= 0.3 is 6.09 Å². The van der Waals surface area contributed by atoms with Gasteiger partial charge < -0.3 is 9.64 Å². The van der Waals surface area contributed by atoms with E-state index in [2.05, 4.69) is 17.1 Å². The molecule has 1 aliphatic rings. The topological polar surface area (TPSA) is 121 Å². The van der Waals surface area contributed by atoms with Crippen LogP contribution in [-0.2, 0) is 4.74 Å². The summed E-state index contributed by atoms with van der Waals surface area (Å²) < 4.78 is 24.2. The first-order chi connectivity index (χ1) is 21.6. The van der Waals surface area contributed by atoms with Gasteiger partial charge in [0.05, 0.1) is 69.6 Å². The maximum Gasteiger partial charge on any atom is 0.410 e. The molecule has 1 fully saturated rings. The Hall–Kier alpha value is -4.45. The molecule has 0 radical (unpaired) electrons. The molecule has 1 aliphatic heterocycles. The first kappa shape index (κ1) is 30.6. The zero-order valence-corrected chi connectivity index (χ0v) is 26.7. The number of carbonyl (C=O) groups excluding carboxylic acids is 1. The number of thioether (sulfide) groups is 1. The van der Waals surface area contributed by atoms with Crippen LogP contribution in [-0.4, -0.2) is 55.2 Å². The van der Waals surface area contributed by atoms with E-state index in [0.29, 0.717) is 46.3 Å². The molecule has 6 rings (SSSR count). The van der Waals surface area contributed by atoms with Gasteiger partial charge in [0.15, 0.2) is 5.82 Å². The van der Waals surface area contributed by atoms with Crippen molar-refractivity contribution in [3.63, 3.8) is 0 Å². The zero-order chi connectivity index (χ0) is 32.0. The molecule has 0 saturated carbocycles. The molecule has 45 heavy (non-hydrogen) atoms. The van der Waals surface area contributed by atoms with Crippen LogP contribution >= 0.6 is 23.4 Å². The van der Waals surface area contributed by atoms with Crippen molar-refractivity contribution in [3.05, 3.63) is 59.1 Å². The van der Waals surface area contributed by atoms with Crippen molar-refractivity contribution in [2.24, 2.45) is 0 Å². The van der Waals surface area contributed by atoms with Crippen LogP contribution in [0.1, 0.15) is 51.6 Å². The second-order valence-electron chi connectivity index (χ2n) is 12.0. The third-order valence-corrected chi connectivity index (χ3v) is 9.01. The molecule has 5 aromatic rings. The van der Waals surface area contributed by atoms with Crippen molar-refractivity contribution in [1.82, 2.24) is 24.6 Å². The number of rotatable bonds is 4. The molecule has 0 N–H and O–H groups in total. The summed E-state index contributed by atoms with van der Waals surface area (Å²) in [5.74, 6) is -0.641. The van der Waals surface area contributed by atoms with Gasteiger partial charge in [-0.1, -0.05) is 23.7 Å². The number of nitrogens with zero attached hydrogens (tertiary/aromatic N) is 7. The molecule has 4 heterocycles. The van der Waals surface area contributed by atoms with Crippen LogP contribution in [0.5, 0.6) is 0 Å². The van der Waals surface area contributed by atoms with Crippen molar-refractivity contribution in [3.8, 4) is 23.4 Å². The summed E-state index contributed by atoms with van der Waals surface area (Å²) >= 11 is 8.25. The lowest BCUT2D eigenvalue weighted by atomic mass is 9.95. The number of ether oxygens (including phenoxy) is 1. The monoisotopic (exact) mass is 641 g/mol. The van der Waals surface area contributed by atoms with Crippen LogP contribution in [0.25, 0.3) is 43.8 Å². The quantitative estimate of drug-likeness (QED) is 0.181. The van der Waals surface area contributed by atoms with Gasteiger partial charge in [0, 0.05) is 23.5 Å². The average molecular weight is 642 g/mol. The first-order valence-electron chi connectivity index (χ1n) is 14.4. The van der Waals surface area contributed by atoms with E-state index >= 15 is 4.39 Å². The minimum atomic E-state index is -0.663. The van der Waals surface area contributed by atoms with Gasteiger partial charge in [-0.25, -0.2) is 14.2 Å². The van der Waals surface area contributed by atoms with Crippen LogP contribution in [0, 0.1) is 28.5 Å².